The Kier molecular flexibility index (Phi) is 6.37. The lowest BCUT2D eigenvalue weighted by Crippen LogP contribution is -2.03. The van der Waals surface area contributed by atoms with Crippen LogP contribution in [0.25, 0.3) is 0 Å². The van der Waals surface area contributed by atoms with E-state index in [9.17, 15) is 0 Å². The molecule has 0 aliphatic carbocycles. The molecule has 0 N–H and O–H groups in total. The van der Waals surface area contributed by atoms with E-state index in [1.54, 1.807) is 0 Å². The van der Waals surface area contributed by atoms with E-state index in [-0.39, 0.29) is 0 Å². The fourth-order valence-electron chi connectivity index (χ4n) is 1.54. The van der Waals surface area contributed by atoms with Crippen LogP contribution in [0.15, 0.2) is 11.1 Å². The van der Waals surface area contributed by atoms with Gasteiger partial charge in [0.05, 0.1) is 0 Å². The molecule has 80 valence electrons. The third kappa shape index (κ3) is 5.12. The van der Waals surface area contributed by atoms with Crippen molar-refractivity contribution >= 4 is 0 Å². The van der Waals surface area contributed by atoms with Gasteiger partial charge in [0.25, 0.3) is 0 Å². The lowest BCUT2D eigenvalue weighted by Gasteiger charge is -2.15. The molecular formula is C14H24. The van der Waals surface area contributed by atoms with Gasteiger partial charge < -0.3 is 0 Å². The van der Waals surface area contributed by atoms with Crippen molar-refractivity contribution in [3.8, 4) is 11.8 Å². The predicted octanol–water partition coefficient (Wildman–Crippen LogP) is 4.42. The first-order chi connectivity index (χ1) is 6.49. The van der Waals surface area contributed by atoms with Gasteiger partial charge in [0.1, 0.15) is 0 Å². The quantitative estimate of drug-likeness (QED) is 0.459. The van der Waals surface area contributed by atoms with E-state index >= 15 is 0 Å². The van der Waals surface area contributed by atoms with Gasteiger partial charge in [-0.25, -0.2) is 0 Å². The molecule has 0 aliphatic heterocycles. The molecule has 0 saturated heterocycles. The van der Waals surface area contributed by atoms with Crippen LogP contribution in [0.3, 0.4) is 0 Å². The molecule has 14 heavy (non-hydrogen) atoms. The molecule has 0 spiro atoms. The third-order valence-electron chi connectivity index (χ3n) is 2.76. The van der Waals surface area contributed by atoms with Crippen molar-refractivity contribution in [1.82, 2.24) is 0 Å². The molecule has 0 rings (SSSR count). The van der Waals surface area contributed by atoms with Crippen molar-refractivity contribution in [3.63, 3.8) is 0 Å². The van der Waals surface area contributed by atoms with Crippen LogP contribution in [-0.4, -0.2) is 0 Å². The van der Waals surface area contributed by atoms with E-state index in [0.29, 0.717) is 11.8 Å². The van der Waals surface area contributed by atoms with E-state index in [0.717, 1.165) is 6.42 Å². The zero-order valence-electron chi connectivity index (χ0n) is 10.6. The Morgan fingerprint density at radius 2 is 1.71 bits per heavy atom. The Balaban J connectivity index is 4.19. The van der Waals surface area contributed by atoms with Crippen molar-refractivity contribution in [3.05, 3.63) is 11.1 Å². The zero-order valence-corrected chi connectivity index (χ0v) is 10.6. The van der Waals surface area contributed by atoms with Crippen LogP contribution in [-0.2, 0) is 0 Å². The molecule has 0 aliphatic rings. The van der Waals surface area contributed by atoms with Crippen LogP contribution < -0.4 is 0 Å². The highest BCUT2D eigenvalue weighted by atomic mass is 14.1. The van der Waals surface area contributed by atoms with E-state index in [4.69, 9.17) is 0 Å². The van der Waals surface area contributed by atoms with Gasteiger partial charge in [-0.05, 0) is 33.1 Å². The topological polar surface area (TPSA) is 0 Å². The monoisotopic (exact) mass is 192 g/mol. The summed E-state index contributed by atoms with van der Waals surface area (Å²) in [6, 6.07) is 0. The molecule has 0 nitrogen and oxygen atoms in total. The van der Waals surface area contributed by atoms with Crippen LogP contribution in [0.1, 0.15) is 54.4 Å². The molecule has 0 aromatic carbocycles. The van der Waals surface area contributed by atoms with Gasteiger partial charge in [0.2, 0.25) is 0 Å². The maximum atomic E-state index is 3.28. The summed E-state index contributed by atoms with van der Waals surface area (Å²) in [7, 11) is 0. The van der Waals surface area contributed by atoms with Gasteiger partial charge in [-0.1, -0.05) is 31.9 Å². The standard InChI is InChI=1S/C14H24/c1-7-8-9-12(4)10-13(5)14(6)11(2)3/h12-13H,7,10H2,1-6H3/t12?,13-/m1/s1. The molecule has 0 aromatic rings. The molecule has 0 heterocycles. The maximum Gasteiger partial charge on any atom is 0.0180 e. The summed E-state index contributed by atoms with van der Waals surface area (Å²) in [4.78, 5) is 0. The summed E-state index contributed by atoms with van der Waals surface area (Å²) in [6.07, 6.45) is 2.16. The highest BCUT2D eigenvalue weighted by Crippen LogP contribution is 2.21. The van der Waals surface area contributed by atoms with E-state index in [2.05, 4.69) is 53.4 Å². The minimum absolute atomic E-state index is 0.527. The number of rotatable bonds is 3. The predicted molar refractivity (Wildman–Crippen MR) is 65.1 cm³/mol. The third-order valence-corrected chi connectivity index (χ3v) is 2.76. The van der Waals surface area contributed by atoms with E-state index < -0.39 is 0 Å². The molecule has 0 amide bonds. The number of hydrogen-bond donors (Lipinski definition) is 0. The molecule has 2 atom stereocenters. The van der Waals surface area contributed by atoms with Gasteiger partial charge >= 0.3 is 0 Å². The van der Waals surface area contributed by atoms with Gasteiger partial charge in [0.15, 0.2) is 0 Å². The summed E-state index contributed by atoms with van der Waals surface area (Å²) in [6.45, 7) is 13.2. The summed E-state index contributed by atoms with van der Waals surface area (Å²) in [5, 5.41) is 0. The second-order valence-corrected chi connectivity index (χ2v) is 4.40. The van der Waals surface area contributed by atoms with Crippen molar-refractivity contribution in [1.29, 1.82) is 0 Å². The van der Waals surface area contributed by atoms with Crippen molar-refractivity contribution in [2.45, 2.75) is 54.4 Å². The lowest BCUT2D eigenvalue weighted by molar-refractivity contribution is 0.530. The maximum absolute atomic E-state index is 3.28. The van der Waals surface area contributed by atoms with Gasteiger partial charge in [-0.15, -0.1) is 11.8 Å². The largest absolute Gasteiger partial charge is 0.103 e. The molecule has 0 saturated carbocycles. The smallest absolute Gasteiger partial charge is 0.0180 e. The second-order valence-electron chi connectivity index (χ2n) is 4.40. The van der Waals surface area contributed by atoms with Gasteiger partial charge in [0, 0.05) is 12.3 Å². The molecule has 1 unspecified atom stereocenters. The summed E-state index contributed by atoms with van der Waals surface area (Å²) >= 11 is 0. The summed E-state index contributed by atoms with van der Waals surface area (Å²) in [5.74, 6) is 7.63. The molecule has 0 bridgehead atoms. The average Bonchev–Trinajstić information content (AvgIpc) is 2.13. The Morgan fingerprint density at radius 3 is 2.14 bits per heavy atom. The Bertz CT molecular complexity index is 243. The molecule has 0 heteroatoms. The van der Waals surface area contributed by atoms with Crippen LogP contribution in [0.2, 0.25) is 0 Å². The van der Waals surface area contributed by atoms with Crippen molar-refractivity contribution in [2.24, 2.45) is 11.8 Å². The van der Waals surface area contributed by atoms with E-state index in [1.165, 1.54) is 17.6 Å². The normalized spacial score (nSPS) is 13.9. The minimum Gasteiger partial charge on any atom is -0.103 e. The van der Waals surface area contributed by atoms with Crippen molar-refractivity contribution in [2.75, 3.05) is 0 Å². The highest BCUT2D eigenvalue weighted by Gasteiger charge is 2.08. The van der Waals surface area contributed by atoms with Crippen LogP contribution in [0, 0.1) is 23.7 Å². The lowest BCUT2D eigenvalue weighted by atomic mass is 9.90. The van der Waals surface area contributed by atoms with Gasteiger partial charge in [-0.3, -0.25) is 0 Å². The Hall–Kier alpha value is -0.700. The highest BCUT2D eigenvalue weighted by molar-refractivity contribution is 5.11. The second kappa shape index (κ2) is 6.71. The Labute approximate surface area is 89.8 Å². The average molecular weight is 192 g/mol. The minimum atomic E-state index is 0.527. The molecule has 0 aromatic heterocycles. The van der Waals surface area contributed by atoms with Gasteiger partial charge in [-0.2, -0.15) is 0 Å². The van der Waals surface area contributed by atoms with Crippen LogP contribution >= 0.6 is 0 Å². The fraction of sp³-hybridized carbons (Fsp3) is 0.714. The number of hydrogen-bond acceptors (Lipinski definition) is 0. The first-order valence-electron chi connectivity index (χ1n) is 5.61. The van der Waals surface area contributed by atoms with E-state index in [1.807, 2.05) is 0 Å². The van der Waals surface area contributed by atoms with Crippen LogP contribution in [0.4, 0.5) is 0 Å². The zero-order chi connectivity index (χ0) is 11.1. The summed E-state index contributed by atoms with van der Waals surface area (Å²) in [5.41, 5.74) is 2.98. The molecule has 0 radical (unpaired) electrons. The SMILES string of the molecule is CCC#CC(C)C[C@@H](C)C(C)=C(C)C. The van der Waals surface area contributed by atoms with Crippen molar-refractivity contribution < 1.29 is 0 Å². The fourth-order valence-corrected chi connectivity index (χ4v) is 1.54. The van der Waals surface area contributed by atoms with Crippen LogP contribution in [0.5, 0.6) is 0 Å². The number of allylic oxidation sites excluding steroid dienone is 2. The molecule has 0 fully saturated rings. The summed E-state index contributed by atoms with van der Waals surface area (Å²) < 4.78 is 0. The first kappa shape index (κ1) is 13.3. The Morgan fingerprint density at radius 1 is 1.14 bits per heavy atom. The molecular weight excluding hydrogens is 168 g/mol. The first-order valence-corrected chi connectivity index (χ1v) is 5.61.